The van der Waals surface area contributed by atoms with Crippen LogP contribution in [0.15, 0.2) is 29.4 Å². The molecule has 0 aromatic carbocycles. The van der Waals surface area contributed by atoms with Crippen molar-refractivity contribution in [1.29, 1.82) is 0 Å². The molecule has 2 aliphatic heterocycles. The van der Waals surface area contributed by atoms with Crippen LogP contribution in [0, 0.1) is 0 Å². The number of halogens is 1. The summed E-state index contributed by atoms with van der Waals surface area (Å²) < 4.78 is 19.3. The van der Waals surface area contributed by atoms with E-state index in [1.165, 1.54) is 4.31 Å². The van der Waals surface area contributed by atoms with Crippen LogP contribution < -0.4 is 10.6 Å². The highest BCUT2D eigenvalue weighted by molar-refractivity contribution is 7.83. The number of rotatable bonds is 3. The van der Waals surface area contributed by atoms with Gasteiger partial charge in [0.2, 0.25) is 5.96 Å². The molecule has 1 saturated heterocycles. The fraction of sp³-hybridized carbons (Fsp3) is 0.444. The van der Waals surface area contributed by atoms with Crippen LogP contribution in [0.3, 0.4) is 0 Å². The minimum atomic E-state index is -1.24. The molecule has 2 N–H and O–H groups in total. The van der Waals surface area contributed by atoms with Crippen LogP contribution in [0.25, 0.3) is 10.4 Å². The van der Waals surface area contributed by atoms with E-state index in [0.717, 1.165) is 47.4 Å². The number of nitrogens with zero attached hydrogens (tertiary/aromatic N) is 4. The first-order chi connectivity index (χ1) is 13.4. The molecular weight excluding hydrogens is 418 g/mol. The predicted molar refractivity (Wildman–Crippen MR) is 115 cm³/mol. The summed E-state index contributed by atoms with van der Waals surface area (Å²) >= 11 is 8.09. The average molecular weight is 440 g/mol. The first-order valence-electron chi connectivity index (χ1n) is 8.94. The lowest BCUT2D eigenvalue weighted by atomic mass is 10.0. The summed E-state index contributed by atoms with van der Waals surface area (Å²) in [6.45, 7) is 5.08. The fourth-order valence-electron chi connectivity index (χ4n) is 3.30. The van der Waals surface area contributed by atoms with Crippen LogP contribution >= 0.6 is 22.9 Å². The molecule has 0 spiro atoms. The van der Waals surface area contributed by atoms with Crippen molar-refractivity contribution in [3.8, 4) is 10.4 Å². The molecule has 4 rings (SSSR count). The minimum absolute atomic E-state index is 0.259. The summed E-state index contributed by atoms with van der Waals surface area (Å²) in [4.78, 5) is 13.3. The Morgan fingerprint density at radius 2 is 2.11 bits per heavy atom. The van der Waals surface area contributed by atoms with Gasteiger partial charge in [0.1, 0.15) is 22.3 Å². The van der Waals surface area contributed by atoms with Crippen LogP contribution in [0.5, 0.6) is 0 Å². The molecule has 0 saturated carbocycles. The van der Waals surface area contributed by atoms with Gasteiger partial charge in [-0.25, -0.2) is 14.2 Å². The van der Waals surface area contributed by atoms with Crippen molar-refractivity contribution in [1.82, 2.24) is 9.29 Å². The number of nitrogens with two attached hydrogens (primary N) is 1. The number of aromatic nitrogens is 1. The lowest BCUT2D eigenvalue weighted by Gasteiger charge is -2.33. The van der Waals surface area contributed by atoms with Crippen molar-refractivity contribution in [3.05, 3.63) is 34.3 Å². The molecule has 0 bridgehead atoms. The lowest BCUT2D eigenvalue weighted by Crippen LogP contribution is -2.47. The van der Waals surface area contributed by atoms with E-state index in [9.17, 15) is 4.21 Å². The first-order valence-corrected chi connectivity index (χ1v) is 11.4. The highest BCUT2D eigenvalue weighted by Crippen LogP contribution is 2.43. The SMILES string of the molecule is CN1C(N)=N[C@](C)(c2sc(-c3ccc(N4CCOCC4)nc3)cc2Cl)CS1=O. The van der Waals surface area contributed by atoms with Gasteiger partial charge >= 0.3 is 0 Å². The van der Waals surface area contributed by atoms with E-state index in [-0.39, 0.29) is 5.96 Å². The Labute approximate surface area is 175 Å². The van der Waals surface area contributed by atoms with E-state index >= 15 is 0 Å². The molecule has 2 aromatic heterocycles. The summed E-state index contributed by atoms with van der Waals surface area (Å²) in [6.07, 6.45) is 1.86. The largest absolute Gasteiger partial charge is 0.378 e. The van der Waals surface area contributed by atoms with Crippen molar-refractivity contribution >= 4 is 45.7 Å². The second-order valence-corrected chi connectivity index (χ2v) is 9.94. The van der Waals surface area contributed by atoms with Gasteiger partial charge in [-0.1, -0.05) is 11.6 Å². The molecule has 4 heterocycles. The van der Waals surface area contributed by atoms with E-state index in [1.807, 2.05) is 25.3 Å². The Bertz CT molecular complexity index is 927. The molecular formula is C18H22ClN5O2S2. The van der Waals surface area contributed by atoms with Crippen molar-refractivity contribution in [3.63, 3.8) is 0 Å². The topological polar surface area (TPSA) is 84.1 Å². The van der Waals surface area contributed by atoms with Gasteiger partial charge in [-0.15, -0.1) is 11.3 Å². The molecule has 150 valence electrons. The Morgan fingerprint density at radius 1 is 1.36 bits per heavy atom. The second kappa shape index (κ2) is 7.62. The third-order valence-corrected chi connectivity index (χ3v) is 8.39. The number of anilines is 1. The molecule has 0 radical (unpaired) electrons. The van der Waals surface area contributed by atoms with Crippen molar-refractivity contribution in [2.75, 3.05) is 44.0 Å². The smallest absolute Gasteiger partial charge is 0.204 e. The van der Waals surface area contributed by atoms with Gasteiger partial charge in [-0.2, -0.15) is 0 Å². The van der Waals surface area contributed by atoms with Crippen LogP contribution in [-0.2, 0) is 21.3 Å². The normalized spacial score (nSPS) is 25.7. The number of guanidine groups is 1. The van der Waals surface area contributed by atoms with Gasteiger partial charge in [0, 0.05) is 36.8 Å². The van der Waals surface area contributed by atoms with Gasteiger partial charge in [-0.3, -0.25) is 4.31 Å². The number of hydrogen-bond donors (Lipinski definition) is 1. The maximum Gasteiger partial charge on any atom is 0.204 e. The number of morpholine rings is 1. The van der Waals surface area contributed by atoms with Gasteiger partial charge < -0.3 is 15.4 Å². The Balaban J connectivity index is 1.62. The third-order valence-electron chi connectivity index (χ3n) is 4.94. The number of thiophene rings is 1. The Hall–Kier alpha value is -1.68. The van der Waals surface area contributed by atoms with Gasteiger partial charge in [-0.05, 0) is 25.1 Å². The fourth-order valence-corrected chi connectivity index (χ4v) is 6.15. The molecule has 1 unspecified atom stereocenters. The number of ether oxygens (including phenoxy) is 1. The first kappa shape index (κ1) is 19.6. The number of aliphatic imine (C=N–C) groups is 1. The zero-order chi connectivity index (χ0) is 19.9. The molecule has 1 fully saturated rings. The van der Waals surface area contributed by atoms with Crippen LogP contribution in [0.2, 0.25) is 5.02 Å². The van der Waals surface area contributed by atoms with E-state index in [4.69, 9.17) is 22.1 Å². The summed E-state index contributed by atoms with van der Waals surface area (Å²) in [6, 6.07) is 6.00. The molecule has 0 aliphatic carbocycles. The highest BCUT2D eigenvalue weighted by Gasteiger charge is 2.38. The predicted octanol–water partition coefficient (Wildman–Crippen LogP) is 2.44. The molecule has 2 aromatic rings. The van der Waals surface area contributed by atoms with Crippen LogP contribution in [-0.4, -0.2) is 58.6 Å². The molecule has 0 amide bonds. The van der Waals surface area contributed by atoms with Crippen molar-refractivity contribution in [2.45, 2.75) is 12.5 Å². The monoisotopic (exact) mass is 439 g/mol. The summed E-state index contributed by atoms with van der Waals surface area (Å²) in [7, 11) is 0.441. The molecule has 7 nitrogen and oxygen atoms in total. The number of pyridine rings is 1. The second-order valence-electron chi connectivity index (χ2n) is 7.00. The van der Waals surface area contributed by atoms with Crippen LogP contribution in [0.1, 0.15) is 11.8 Å². The summed E-state index contributed by atoms with van der Waals surface area (Å²) in [5.41, 5.74) is 6.24. The van der Waals surface area contributed by atoms with E-state index in [2.05, 4.69) is 20.9 Å². The van der Waals surface area contributed by atoms with Crippen LogP contribution in [0.4, 0.5) is 5.82 Å². The van der Waals surface area contributed by atoms with Crippen molar-refractivity contribution < 1.29 is 8.95 Å². The van der Waals surface area contributed by atoms with E-state index in [1.54, 1.807) is 18.4 Å². The quantitative estimate of drug-likeness (QED) is 0.794. The molecule has 28 heavy (non-hydrogen) atoms. The highest BCUT2D eigenvalue weighted by atomic mass is 35.5. The van der Waals surface area contributed by atoms with Gasteiger partial charge in [0.05, 0.1) is 28.9 Å². The third kappa shape index (κ3) is 3.63. The van der Waals surface area contributed by atoms with E-state index in [0.29, 0.717) is 10.8 Å². The zero-order valence-electron chi connectivity index (χ0n) is 15.7. The maximum absolute atomic E-state index is 12.4. The summed E-state index contributed by atoms with van der Waals surface area (Å²) in [5, 5.41) is 0.609. The summed E-state index contributed by atoms with van der Waals surface area (Å²) in [5.74, 6) is 1.55. The number of hydrogen-bond acceptors (Lipinski definition) is 7. The van der Waals surface area contributed by atoms with E-state index < -0.39 is 16.5 Å². The Morgan fingerprint density at radius 3 is 2.75 bits per heavy atom. The average Bonchev–Trinajstić information content (AvgIpc) is 3.09. The molecule has 2 aliphatic rings. The van der Waals surface area contributed by atoms with Crippen molar-refractivity contribution in [2.24, 2.45) is 10.7 Å². The lowest BCUT2D eigenvalue weighted by molar-refractivity contribution is 0.122. The molecule has 2 atom stereocenters. The van der Waals surface area contributed by atoms with Gasteiger partial charge in [0.15, 0.2) is 0 Å². The minimum Gasteiger partial charge on any atom is -0.378 e. The van der Waals surface area contributed by atoms with Gasteiger partial charge in [0.25, 0.3) is 0 Å². The molecule has 10 heteroatoms. The Kier molecular flexibility index (Phi) is 5.34. The standard InChI is InChI=1S/C18H22ClN5O2S2/c1-18(11-28(25)23(2)17(20)22-18)16-13(19)9-14(27-16)12-3-4-15(21-10-12)24-5-7-26-8-6-24/h3-4,9-10H,5-8,11H2,1-2H3,(H2,20,22)/t18-,28?/m0/s1. The maximum atomic E-state index is 12.4. The zero-order valence-corrected chi connectivity index (χ0v) is 18.1.